The van der Waals surface area contributed by atoms with Crippen LogP contribution >= 0.6 is 0 Å². The zero-order chi connectivity index (χ0) is 19.3. The number of halogens is 12. The highest BCUT2D eigenvalue weighted by atomic mass is 19.4. The molecule has 0 saturated heterocycles. The van der Waals surface area contributed by atoms with Crippen molar-refractivity contribution in [1.82, 2.24) is 0 Å². The van der Waals surface area contributed by atoms with Crippen molar-refractivity contribution in [3.8, 4) is 0 Å². The molecule has 25 heavy (non-hydrogen) atoms. The third kappa shape index (κ3) is 1.64. The number of rotatable bonds is 0. The van der Waals surface area contributed by atoms with Gasteiger partial charge in [-0.2, -0.15) is 26.3 Å². The lowest BCUT2D eigenvalue weighted by Gasteiger charge is -2.39. The molecule has 1 nitrogen and oxygen atoms in total. The standard InChI is InChI=1S/C12HF12N/c13-4-2-1-25-8(3(2)5(14)7(16)6(4)15)9(17,18)10(19,20)11(21,22)12(25,23)24/h1H. The maximum atomic E-state index is 13.8. The molecule has 1 aromatic carbocycles. The molecule has 0 N–H and O–H groups in total. The van der Waals surface area contributed by atoms with Crippen molar-refractivity contribution in [2.45, 2.75) is 23.8 Å². The van der Waals surface area contributed by atoms with Gasteiger partial charge in [-0.25, -0.2) is 17.7 Å². The van der Waals surface area contributed by atoms with Crippen molar-refractivity contribution >= 4 is 10.8 Å². The van der Waals surface area contributed by atoms with Gasteiger partial charge in [-0.3, -0.25) is 4.39 Å². The van der Waals surface area contributed by atoms with Gasteiger partial charge in [-0.1, -0.05) is 0 Å². The van der Waals surface area contributed by atoms with E-state index in [2.05, 4.69) is 0 Å². The Morgan fingerprint density at radius 2 is 1.12 bits per heavy atom. The fourth-order valence-corrected chi connectivity index (χ4v) is 2.53. The minimum absolute atomic E-state index is 0.608. The summed E-state index contributed by atoms with van der Waals surface area (Å²) in [6, 6.07) is -6.08. The number of nitrogens with zero attached hydrogens (tertiary/aromatic N) is 1. The van der Waals surface area contributed by atoms with Crippen LogP contribution in [0.3, 0.4) is 0 Å². The van der Waals surface area contributed by atoms with Crippen molar-refractivity contribution in [3.63, 3.8) is 0 Å². The second-order valence-corrected chi connectivity index (χ2v) is 5.16. The van der Waals surface area contributed by atoms with E-state index in [1.807, 2.05) is 0 Å². The Kier molecular flexibility index (Phi) is 3.09. The minimum atomic E-state index is -6.75. The average molecular weight is 387 g/mol. The van der Waals surface area contributed by atoms with E-state index in [-0.39, 0.29) is 0 Å². The maximum Gasteiger partial charge on any atom is 0.518 e. The van der Waals surface area contributed by atoms with Crippen LogP contribution in [0.1, 0.15) is 5.69 Å². The zero-order valence-corrected chi connectivity index (χ0v) is 11.1. The Balaban J connectivity index is 2.62. The largest absolute Gasteiger partial charge is 0.518 e. The van der Waals surface area contributed by atoms with Crippen LogP contribution in [0.2, 0.25) is 0 Å². The normalized spacial score (nSPS) is 22.9. The van der Waals surface area contributed by atoms with Gasteiger partial charge in [-0.15, -0.1) is 8.78 Å². The molecule has 13 heteroatoms. The Morgan fingerprint density at radius 1 is 0.640 bits per heavy atom. The Bertz CT molecular complexity index is 909. The highest BCUT2D eigenvalue weighted by Gasteiger charge is 2.89. The SMILES string of the molecule is Fc1c(F)c(F)c2c3[n+]([cH-]c2c1F)C(F)(F)C(F)(F)C(F)(F)C3(F)F. The van der Waals surface area contributed by atoms with E-state index in [1.54, 1.807) is 0 Å². The summed E-state index contributed by atoms with van der Waals surface area (Å²) in [5.74, 6) is -30.2. The van der Waals surface area contributed by atoms with Crippen LogP contribution in [0.25, 0.3) is 10.8 Å². The molecule has 0 unspecified atom stereocenters. The van der Waals surface area contributed by atoms with Gasteiger partial charge in [0.2, 0.25) is 0 Å². The summed E-state index contributed by atoms with van der Waals surface area (Å²) < 4.78 is 160. The highest BCUT2D eigenvalue weighted by molar-refractivity contribution is 5.86. The minimum Gasteiger partial charge on any atom is -0.261 e. The van der Waals surface area contributed by atoms with Crippen LogP contribution in [0.4, 0.5) is 52.7 Å². The molecule has 0 bridgehead atoms. The molecule has 0 aliphatic carbocycles. The molecule has 0 amide bonds. The van der Waals surface area contributed by atoms with Crippen LogP contribution in [0.15, 0.2) is 6.20 Å². The smallest absolute Gasteiger partial charge is 0.261 e. The van der Waals surface area contributed by atoms with E-state index in [9.17, 15) is 52.7 Å². The fraction of sp³-hybridized carbons (Fsp3) is 0.333. The van der Waals surface area contributed by atoms with E-state index in [1.165, 1.54) is 0 Å². The molecular weight excluding hydrogens is 386 g/mol. The van der Waals surface area contributed by atoms with Crippen LogP contribution in [-0.2, 0) is 12.0 Å². The summed E-state index contributed by atoms with van der Waals surface area (Å²) in [5, 5.41) is -4.03. The zero-order valence-electron chi connectivity index (χ0n) is 11.1. The number of hydrogen-bond acceptors (Lipinski definition) is 0. The van der Waals surface area contributed by atoms with Gasteiger partial charge >= 0.3 is 23.8 Å². The van der Waals surface area contributed by atoms with Gasteiger partial charge in [0.05, 0.1) is 12.0 Å². The van der Waals surface area contributed by atoms with Gasteiger partial charge in [0.1, 0.15) is 5.82 Å². The molecule has 0 spiro atoms. The summed E-state index contributed by atoms with van der Waals surface area (Å²) in [6.45, 7) is 0. The lowest BCUT2D eigenvalue weighted by molar-refractivity contribution is -0.868. The lowest BCUT2D eigenvalue weighted by Crippen LogP contribution is -2.76. The Hall–Kier alpha value is -2.08. The molecule has 3 rings (SSSR count). The first kappa shape index (κ1) is 17.7. The maximum absolute atomic E-state index is 13.8. The quantitative estimate of drug-likeness (QED) is 0.208. The van der Waals surface area contributed by atoms with Crippen LogP contribution < -0.4 is 4.57 Å². The molecule has 0 atom stereocenters. The lowest BCUT2D eigenvalue weighted by atomic mass is 9.93. The monoisotopic (exact) mass is 387 g/mol. The summed E-state index contributed by atoms with van der Waals surface area (Å²) in [5.41, 5.74) is -2.81. The number of aromatic nitrogens is 1. The average Bonchev–Trinajstić information content (AvgIpc) is 2.91. The summed E-state index contributed by atoms with van der Waals surface area (Å²) in [4.78, 5) is 0. The van der Waals surface area contributed by atoms with Crippen molar-refractivity contribution < 1.29 is 57.3 Å². The van der Waals surface area contributed by atoms with Gasteiger partial charge in [0.25, 0.3) is 0 Å². The second-order valence-electron chi connectivity index (χ2n) is 5.16. The number of fused-ring (bicyclic) bond motifs is 3. The highest BCUT2D eigenvalue weighted by Crippen LogP contribution is 2.60. The topological polar surface area (TPSA) is 3.88 Å². The summed E-state index contributed by atoms with van der Waals surface area (Å²) in [6.07, 6.45) is -0.608. The molecule has 138 valence electrons. The third-order valence-electron chi connectivity index (χ3n) is 3.81. The predicted molar refractivity (Wildman–Crippen MR) is 53.5 cm³/mol. The van der Waals surface area contributed by atoms with Crippen molar-refractivity contribution in [2.24, 2.45) is 0 Å². The number of benzene rings is 1. The van der Waals surface area contributed by atoms with Crippen LogP contribution in [-0.4, -0.2) is 11.8 Å². The van der Waals surface area contributed by atoms with E-state index in [0.717, 1.165) is 0 Å². The first-order chi connectivity index (χ1) is 11.1. The second kappa shape index (κ2) is 4.36. The van der Waals surface area contributed by atoms with Gasteiger partial charge in [0.15, 0.2) is 17.3 Å². The predicted octanol–water partition coefficient (Wildman–Crippen LogP) is 4.33. The van der Waals surface area contributed by atoms with Crippen molar-refractivity contribution in [1.29, 1.82) is 0 Å². The van der Waals surface area contributed by atoms with Gasteiger partial charge in [0, 0.05) is 0 Å². The van der Waals surface area contributed by atoms with Crippen molar-refractivity contribution in [3.05, 3.63) is 35.2 Å². The van der Waals surface area contributed by atoms with Gasteiger partial charge in [-0.05, 0) is 10.8 Å². The van der Waals surface area contributed by atoms with E-state index < -0.39 is 74.3 Å². The fourth-order valence-electron chi connectivity index (χ4n) is 2.53. The van der Waals surface area contributed by atoms with E-state index in [4.69, 9.17) is 0 Å². The first-order valence-electron chi connectivity index (χ1n) is 6.01. The number of alkyl halides is 8. The molecule has 1 aliphatic heterocycles. The molecular formula is C12HF12N. The van der Waals surface area contributed by atoms with Crippen molar-refractivity contribution in [2.75, 3.05) is 0 Å². The molecule has 0 fully saturated rings. The van der Waals surface area contributed by atoms with E-state index in [0.29, 0.717) is 0 Å². The van der Waals surface area contributed by atoms with Crippen LogP contribution in [0, 0.1) is 23.3 Å². The Labute approximate surface area is 128 Å². The molecule has 2 aromatic rings. The molecule has 0 radical (unpaired) electrons. The Morgan fingerprint density at radius 3 is 1.64 bits per heavy atom. The van der Waals surface area contributed by atoms with Gasteiger partial charge < -0.3 is 0 Å². The third-order valence-corrected chi connectivity index (χ3v) is 3.81. The van der Waals surface area contributed by atoms with E-state index >= 15 is 0 Å². The van der Waals surface area contributed by atoms with Crippen LogP contribution in [0.5, 0.6) is 0 Å². The number of hydrogen-bond donors (Lipinski definition) is 0. The summed E-state index contributed by atoms with van der Waals surface area (Å²) in [7, 11) is 0. The molecule has 1 aliphatic rings. The summed E-state index contributed by atoms with van der Waals surface area (Å²) >= 11 is 0. The first-order valence-corrected chi connectivity index (χ1v) is 6.01. The molecule has 1 aromatic heterocycles. The molecule has 2 heterocycles. The molecule has 0 saturated carbocycles.